The highest BCUT2D eigenvalue weighted by Crippen LogP contribution is 2.22. The van der Waals surface area contributed by atoms with E-state index in [0.29, 0.717) is 18.6 Å². The molecule has 1 atom stereocenters. The van der Waals surface area contributed by atoms with Crippen molar-refractivity contribution in [1.29, 1.82) is 0 Å². The first-order chi connectivity index (χ1) is 13.3. The summed E-state index contributed by atoms with van der Waals surface area (Å²) >= 11 is 1.80. The number of nitrogens with zero attached hydrogens (tertiary/aromatic N) is 4. The number of guanidine groups is 1. The molecule has 0 aromatic carbocycles. The maximum Gasteiger partial charge on any atom is 0.192 e. The second-order valence-corrected chi connectivity index (χ2v) is 8.10. The molecule has 0 bridgehead atoms. The summed E-state index contributed by atoms with van der Waals surface area (Å²) in [6, 6.07) is 5.16. The number of rotatable bonds is 8. The van der Waals surface area contributed by atoms with Crippen molar-refractivity contribution in [1.82, 2.24) is 25.4 Å². The summed E-state index contributed by atoms with van der Waals surface area (Å²) in [5, 5.41) is 17.7. The van der Waals surface area contributed by atoms with Crippen molar-refractivity contribution in [2.24, 2.45) is 4.99 Å². The SMILES string of the molecule is CCc1nncn1CCN=C(NC1CCCCC1)NC(CC)c1cccs1. The van der Waals surface area contributed by atoms with Gasteiger partial charge in [0.2, 0.25) is 0 Å². The lowest BCUT2D eigenvalue weighted by atomic mass is 9.96. The summed E-state index contributed by atoms with van der Waals surface area (Å²) in [4.78, 5) is 6.25. The minimum absolute atomic E-state index is 0.306. The Morgan fingerprint density at radius 2 is 2.19 bits per heavy atom. The van der Waals surface area contributed by atoms with E-state index in [1.807, 2.05) is 0 Å². The number of thiophene rings is 1. The van der Waals surface area contributed by atoms with Gasteiger partial charge in [0.15, 0.2) is 5.96 Å². The van der Waals surface area contributed by atoms with Gasteiger partial charge in [0.05, 0.1) is 12.6 Å². The number of aryl methyl sites for hydroxylation is 1. The van der Waals surface area contributed by atoms with Gasteiger partial charge in [-0.3, -0.25) is 4.99 Å². The molecule has 0 saturated heterocycles. The Hall–Kier alpha value is -1.89. The van der Waals surface area contributed by atoms with Gasteiger partial charge in [0.1, 0.15) is 12.2 Å². The molecule has 1 aliphatic rings. The summed E-state index contributed by atoms with van der Waals surface area (Å²) in [6.07, 6.45) is 10.2. The summed E-state index contributed by atoms with van der Waals surface area (Å²) in [5.41, 5.74) is 0. The largest absolute Gasteiger partial charge is 0.354 e. The van der Waals surface area contributed by atoms with Gasteiger partial charge < -0.3 is 15.2 Å². The zero-order chi connectivity index (χ0) is 18.9. The zero-order valence-corrected chi connectivity index (χ0v) is 17.3. The van der Waals surface area contributed by atoms with E-state index >= 15 is 0 Å². The zero-order valence-electron chi connectivity index (χ0n) is 16.5. The second-order valence-electron chi connectivity index (χ2n) is 7.12. The molecule has 27 heavy (non-hydrogen) atoms. The molecule has 0 amide bonds. The number of aromatic nitrogens is 3. The molecule has 0 radical (unpaired) electrons. The fourth-order valence-electron chi connectivity index (χ4n) is 3.61. The van der Waals surface area contributed by atoms with E-state index in [1.165, 1.54) is 37.0 Å². The number of aliphatic imine (C=N–C) groups is 1. The van der Waals surface area contributed by atoms with Gasteiger partial charge in [0, 0.05) is 23.9 Å². The lowest BCUT2D eigenvalue weighted by molar-refractivity contribution is 0.407. The summed E-state index contributed by atoms with van der Waals surface area (Å²) in [7, 11) is 0. The van der Waals surface area contributed by atoms with Gasteiger partial charge in [-0.25, -0.2) is 0 Å². The smallest absolute Gasteiger partial charge is 0.192 e. The normalized spacial score (nSPS) is 17.0. The maximum absolute atomic E-state index is 4.89. The highest BCUT2D eigenvalue weighted by Gasteiger charge is 2.17. The fourth-order valence-corrected chi connectivity index (χ4v) is 4.47. The van der Waals surface area contributed by atoms with Crippen molar-refractivity contribution >= 4 is 17.3 Å². The molecular weight excluding hydrogens is 356 g/mol. The van der Waals surface area contributed by atoms with Crippen LogP contribution in [-0.2, 0) is 13.0 Å². The molecule has 7 heteroatoms. The average molecular weight is 389 g/mol. The molecule has 2 aromatic heterocycles. The van der Waals surface area contributed by atoms with E-state index in [1.54, 1.807) is 17.7 Å². The summed E-state index contributed by atoms with van der Waals surface area (Å²) in [6.45, 7) is 5.85. The number of hydrogen-bond acceptors (Lipinski definition) is 4. The quantitative estimate of drug-likeness (QED) is 0.531. The number of hydrogen-bond donors (Lipinski definition) is 2. The maximum atomic E-state index is 4.89. The predicted molar refractivity (Wildman–Crippen MR) is 112 cm³/mol. The lowest BCUT2D eigenvalue weighted by Crippen LogP contribution is -2.45. The van der Waals surface area contributed by atoms with Gasteiger partial charge >= 0.3 is 0 Å². The van der Waals surface area contributed by atoms with Crippen LogP contribution in [0.25, 0.3) is 0 Å². The van der Waals surface area contributed by atoms with Crippen molar-refractivity contribution in [3.8, 4) is 0 Å². The molecule has 0 aliphatic heterocycles. The van der Waals surface area contributed by atoms with Crippen molar-refractivity contribution in [3.63, 3.8) is 0 Å². The molecule has 2 N–H and O–H groups in total. The molecule has 148 valence electrons. The molecule has 0 spiro atoms. The third kappa shape index (κ3) is 5.79. The van der Waals surface area contributed by atoms with E-state index in [2.05, 4.69) is 56.8 Å². The van der Waals surface area contributed by atoms with Gasteiger partial charge in [-0.1, -0.05) is 39.2 Å². The van der Waals surface area contributed by atoms with E-state index < -0.39 is 0 Å². The van der Waals surface area contributed by atoms with Crippen molar-refractivity contribution < 1.29 is 0 Å². The summed E-state index contributed by atoms with van der Waals surface area (Å²) in [5.74, 6) is 1.96. The van der Waals surface area contributed by atoms with E-state index in [9.17, 15) is 0 Å². The number of nitrogens with one attached hydrogen (secondary N) is 2. The van der Waals surface area contributed by atoms with Crippen LogP contribution in [-0.4, -0.2) is 33.3 Å². The van der Waals surface area contributed by atoms with E-state index in [0.717, 1.165) is 31.2 Å². The molecule has 1 fully saturated rings. The van der Waals surface area contributed by atoms with Crippen LogP contribution in [0.4, 0.5) is 0 Å². The highest BCUT2D eigenvalue weighted by atomic mass is 32.1. The van der Waals surface area contributed by atoms with Crippen LogP contribution in [0.1, 0.15) is 69.1 Å². The first-order valence-corrected chi connectivity index (χ1v) is 11.2. The topological polar surface area (TPSA) is 67.1 Å². The van der Waals surface area contributed by atoms with Gasteiger partial charge in [-0.15, -0.1) is 21.5 Å². The predicted octanol–water partition coefficient (Wildman–Crippen LogP) is 3.92. The Balaban J connectivity index is 1.65. The van der Waals surface area contributed by atoms with Crippen LogP contribution in [0.5, 0.6) is 0 Å². The Morgan fingerprint density at radius 3 is 2.89 bits per heavy atom. The van der Waals surface area contributed by atoms with E-state index in [4.69, 9.17) is 4.99 Å². The standard InChI is InChI=1S/C20H32N6S/c1-3-17(18-11-8-14-27-18)24-20(23-16-9-6-5-7-10-16)21-12-13-26-15-22-25-19(26)4-2/h8,11,14-17H,3-7,9-10,12-13H2,1-2H3,(H2,21,23,24). The van der Waals surface area contributed by atoms with Gasteiger partial charge in [0.25, 0.3) is 0 Å². The molecule has 3 rings (SSSR count). The third-order valence-electron chi connectivity index (χ3n) is 5.17. The minimum atomic E-state index is 0.306. The molecule has 2 heterocycles. The highest BCUT2D eigenvalue weighted by molar-refractivity contribution is 7.10. The van der Waals surface area contributed by atoms with Crippen molar-refractivity contribution in [2.75, 3.05) is 6.54 Å². The molecule has 1 unspecified atom stereocenters. The molecule has 1 saturated carbocycles. The van der Waals surface area contributed by atoms with E-state index in [-0.39, 0.29) is 0 Å². The third-order valence-corrected chi connectivity index (χ3v) is 6.16. The average Bonchev–Trinajstić information content (AvgIpc) is 3.38. The minimum Gasteiger partial charge on any atom is -0.354 e. The molecule has 1 aliphatic carbocycles. The first kappa shape index (κ1) is 19.9. The van der Waals surface area contributed by atoms with Crippen LogP contribution >= 0.6 is 11.3 Å². The molecule has 6 nitrogen and oxygen atoms in total. The van der Waals surface area contributed by atoms with Crippen LogP contribution in [0, 0.1) is 0 Å². The van der Waals surface area contributed by atoms with Crippen LogP contribution in [0.3, 0.4) is 0 Å². The monoisotopic (exact) mass is 388 g/mol. The van der Waals surface area contributed by atoms with Crippen LogP contribution in [0.2, 0.25) is 0 Å². The van der Waals surface area contributed by atoms with Gasteiger partial charge in [-0.05, 0) is 30.7 Å². The Morgan fingerprint density at radius 1 is 1.33 bits per heavy atom. The first-order valence-electron chi connectivity index (χ1n) is 10.3. The second kappa shape index (κ2) is 10.4. The Labute approximate surface area is 166 Å². The van der Waals surface area contributed by atoms with Crippen molar-refractivity contribution in [2.45, 2.75) is 77.4 Å². The summed E-state index contributed by atoms with van der Waals surface area (Å²) < 4.78 is 2.10. The Bertz CT molecular complexity index is 687. The molecule has 2 aromatic rings. The van der Waals surface area contributed by atoms with Gasteiger partial charge in [-0.2, -0.15) is 0 Å². The lowest BCUT2D eigenvalue weighted by Gasteiger charge is -2.27. The van der Waals surface area contributed by atoms with Crippen molar-refractivity contribution in [3.05, 3.63) is 34.5 Å². The Kier molecular flexibility index (Phi) is 7.68. The van der Waals surface area contributed by atoms with Crippen LogP contribution in [0.15, 0.2) is 28.8 Å². The fraction of sp³-hybridized carbons (Fsp3) is 0.650. The van der Waals surface area contributed by atoms with Crippen LogP contribution < -0.4 is 10.6 Å². The molecular formula is C20H32N6S.